The summed E-state index contributed by atoms with van der Waals surface area (Å²) >= 11 is 0. The van der Waals surface area contributed by atoms with Gasteiger partial charge in [-0.1, -0.05) is 24.3 Å². The van der Waals surface area contributed by atoms with E-state index in [-0.39, 0.29) is 0 Å². The molecule has 5 N–H and O–H groups in total. The first-order valence-corrected chi connectivity index (χ1v) is 7.10. The Labute approximate surface area is 134 Å². The molecule has 0 radical (unpaired) electrons. The predicted octanol–water partition coefficient (Wildman–Crippen LogP) is 2.94. The standard InChI is InChI=1S/C16H17N7/c1-11-6-5-9-13(20-11)21-15-14(17)16(19-10-18-15)23-22-12-7-3-2-4-8-12/h2-10,22H,17H2,1H3,(H2,18,19,20,21,23). The van der Waals surface area contributed by atoms with Crippen molar-refractivity contribution in [2.24, 2.45) is 0 Å². The molecule has 2 aromatic heterocycles. The van der Waals surface area contributed by atoms with Gasteiger partial charge in [0.25, 0.3) is 0 Å². The highest BCUT2D eigenvalue weighted by Gasteiger charge is 2.08. The van der Waals surface area contributed by atoms with Gasteiger partial charge >= 0.3 is 0 Å². The fraction of sp³-hybridized carbons (Fsp3) is 0.0625. The van der Waals surface area contributed by atoms with E-state index in [0.717, 1.165) is 11.4 Å². The molecule has 0 aliphatic heterocycles. The van der Waals surface area contributed by atoms with Gasteiger partial charge in [0, 0.05) is 5.69 Å². The first-order chi connectivity index (χ1) is 11.2. The van der Waals surface area contributed by atoms with E-state index in [0.29, 0.717) is 23.1 Å². The molecule has 3 rings (SSSR count). The Hall–Kier alpha value is -3.35. The molecule has 0 saturated carbocycles. The SMILES string of the molecule is Cc1cccc(Nc2ncnc(NNc3ccccc3)c2N)n1. The average molecular weight is 307 g/mol. The van der Waals surface area contributed by atoms with Crippen LogP contribution in [0.1, 0.15) is 5.69 Å². The van der Waals surface area contributed by atoms with Crippen LogP contribution in [0.25, 0.3) is 0 Å². The number of anilines is 5. The van der Waals surface area contributed by atoms with Crippen LogP contribution in [-0.4, -0.2) is 15.0 Å². The number of nitrogen functional groups attached to an aromatic ring is 1. The molecule has 0 aliphatic rings. The van der Waals surface area contributed by atoms with Gasteiger partial charge in [0.1, 0.15) is 17.8 Å². The van der Waals surface area contributed by atoms with Crippen molar-refractivity contribution in [1.82, 2.24) is 15.0 Å². The van der Waals surface area contributed by atoms with Gasteiger partial charge in [-0.2, -0.15) is 0 Å². The molecule has 0 saturated heterocycles. The minimum absolute atomic E-state index is 0.402. The van der Waals surface area contributed by atoms with Gasteiger partial charge in [0.15, 0.2) is 11.6 Å². The van der Waals surface area contributed by atoms with Crippen molar-refractivity contribution in [3.8, 4) is 0 Å². The third kappa shape index (κ3) is 3.65. The quantitative estimate of drug-likeness (QED) is 0.538. The number of nitrogens with two attached hydrogens (primary N) is 1. The summed E-state index contributed by atoms with van der Waals surface area (Å²) < 4.78 is 0. The lowest BCUT2D eigenvalue weighted by atomic mass is 10.3. The molecule has 7 nitrogen and oxygen atoms in total. The van der Waals surface area contributed by atoms with E-state index < -0.39 is 0 Å². The van der Waals surface area contributed by atoms with Crippen LogP contribution in [0.5, 0.6) is 0 Å². The Morgan fingerprint density at radius 2 is 1.65 bits per heavy atom. The molecule has 7 heteroatoms. The summed E-state index contributed by atoms with van der Waals surface area (Å²) in [6.07, 6.45) is 1.43. The summed E-state index contributed by atoms with van der Waals surface area (Å²) in [5.74, 6) is 1.66. The van der Waals surface area contributed by atoms with Gasteiger partial charge in [-0.15, -0.1) is 0 Å². The Morgan fingerprint density at radius 3 is 2.43 bits per heavy atom. The lowest BCUT2D eigenvalue weighted by molar-refractivity contribution is 1.14. The normalized spacial score (nSPS) is 10.1. The fourth-order valence-corrected chi connectivity index (χ4v) is 1.98. The van der Waals surface area contributed by atoms with Gasteiger partial charge in [0.2, 0.25) is 0 Å². The molecular formula is C16H17N7. The topological polar surface area (TPSA) is 101 Å². The summed E-state index contributed by atoms with van der Waals surface area (Å²) in [5.41, 5.74) is 14.3. The Bertz CT molecular complexity index is 789. The Balaban J connectivity index is 1.75. The van der Waals surface area contributed by atoms with E-state index in [1.165, 1.54) is 6.33 Å². The van der Waals surface area contributed by atoms with Gasteiger partial charge in [-0.3, -0.25) is 10.9 Å². The number of benzene rings is 1. The summed E-state index contributed by atoms with van der Waals surface area (Å²) in [7, 11) is 0. The van der Waals surface area contributed by atoms with Crippen molar-refractivity contribution >= 4 is 28.8 Å². The summed E-state index contributed by atoms with van der Waals surface area (Å²) in [4.78, 5) is 12.7. The monoisotopic (exact) mass is 307 g/mol. The number of aromatic nitrogens is 3. The number of hydrogen-bond acceptors (Lipinski definition) is 7. The van der Waals surface area contributed by atoms with Crippen LogP contribution >= 0.6 is 0 Å². The smallest absolute Gasteiger partial charge is 0.173 e. The van der Waals surface area contributed by atoms with E-state index in [4.69, 9.17) is 5.73 Å². The average Bonchev–Trinajstić information content (AvgIpc) is 2.57. The minimum atomic E-state index is 0.402. The van der Waals surface area contributed by atoms with Gasteiger partial charge in [0.05, 0.1) is 5.69 Å². The largest absolute Gasteiger partial charge is 0.393 e. The molecule has 3 aromatic rings. The summed E-state index contributed by atoms with van der Waals surface area (Å²) in [5, 5.41) is 3.10. The van der Waals surface area contributed by atoms with Gasteiger partial charge in [-0.25, -0.2) is 15.0 Å². The van der Waals surface area contributed by atoms with Crippen molar-refractivity contribution in [2.45, 2.75) is 6.92 Å². The molecule has 0 atom stereocenters. The highest BCUT2D eigenvalue weighted by molar-refractivity contribution is 5.77. The van der Waals surface area contributed by atoms with Crippen molar-refractivity contribution < 1.29 is 0 Å². The summed E-state index contributed by atoms with van der Waals surface area (Å²) in [6.45, 7) is 1.92. The van der Waals surface area contributed by atoms with Crippen LogP contribution in [0, 0.1) is 6.92 Å². The number of nitrogens with one attached hydrogen (secondary N) is 3. The molecule has 0 aliphatic carbocycles. The van der Waals surface area contributed by atoms with Crippen molar-refractivity contribution in [1.29, 1.82) is 0 Å². The lowest BCUT2D eigenvalue weighted by Gasteiger charge is -2.13. The van der Waals surface area contributed by atoms with Crippen molar-refractivity contribution in [3.63, 3.8) is 0 Å². The maximum atomic E-state index is 6.12. The number of nitrogens with zero attached hydrogens (tertiary/aromatic N) is 3. The van der Waals surface area contributed by atoms with Gasteiger partial charge in [-0.05, 0) is 31.2 Å². The molecular weight excluding hydrogens is 290 g/mol. The van der Waals surface area contributed by atoms with E-state index in [2.05, 4.69) is 31.1 Å². The van der Waals surface area contributed by atoms with Crippen LogP contribution < -0.4 is 21.9 Å². The number of para-hydroxylation sites is 1. The molecule has 116 valence electrons. The highest BCUT2D eigenvalue weighted by Crippen LogP contribution is 2.25. The van der Waals surface area contributed by atoms with Crippen LogP contribution in [0.2, 0.25) is 0 Å². The van der Waals surface area contributed by atoms with Crippen LogP contribution in [0.15, 0.2) is 54.9 Å². The maximum Gasteiger partial charge on any atom is 0.173 e. The van der Waals surface area contributed by atoms with E-state index >= 15 is 0 Å². The number of hydrogen-bond donors (Lipinski definition) is 4. The molecule has 0 spiro atoms. The van der Waals surface area contributed by atoms with Crippen LogP contribution in [-0.2, 0) is 0 Å². The van der Waals surface area contributed by atoms with E-state index in [1.54, 1.807) is 0 Å². The molecule has 0 unspecified atom stereocenters. The second-order valence-corrected chi connectivity index (χ2v) is 4.89. The first-order valence-electron chi connectivity index (χ1n) is 7.10. The highest BCUT2D eigenvalue weighted by atomic mass is 15.4. The second kappa shape index (κ2) is 6.61. The molecule has 2 heterocycles. The van der Waals surface area contributed by atoms with E-state index in [1.807, 2.05) is 55.5 Å². The third-order valence-corrected chi connectivity index (χ3v) is 3.12. The lowest BCUT2D eigenvalue weighted by Crippen LogP contribution is -2.13. The molecule has 1 aromatic carbocycles. The molecule has 0 bridgehead atoms. The second-order valence-electron chi connectivity index (χ2n) is 4.89. The minimum Gasteiger partial charge on any atom is -0.393 e. The first kappa shape index (κ1) is 14.6. The zero-order valence-corrected chi connectivity index (χ0v) is 12.6. The van der Waals surface area contributed by atoms with Crippen molar-refractivity contribution in [3.05, 3.63) is 60.6 Å². The number of rotatable bonds is 5. The van der Waals surface area contributed by atoms with Gasteiger partial charge < -0.3 is 11.1 Å². The van der Waals surface area contributed by atoms with Crippen LogP contribution in [0.4, 0.5) is 28.8 Å². The number of pyridine rings is 1. The number of hydrazine groups is 1. The zero-order valence-electron chi connectivity index (χ0n) is 12.6. The molecule has 0 fully saturated rings. The zero-order chi connectivity index (χ0) is 16.1. The summed E-state index contributed by atoms with van der Waals surface area (Å²) in [6, 6.07) is 15.4. The maximum absolute atomic E-state index is 6.12. The number of aryl methyl sites for hydroxylation is 1. The third-order valence-electron chi connectivity index (χ3n) is 3.12. The predicted molar refractivity (Wildman–Crippen MR) is 92.4 cm³/mol. The Kier molecular flexibility index (Phi) is 4.19. The van der Waals surface area contributed by atoms with Crippen molar-refractivity contribution in [2.75, 3.05) is 21.9 Å². The fourth-order valence-electron chi connectivity index (χ4n) is 1.98. The molecule has 0 amide bonds. The van der Waals surface area contributed by atoms with Crippen LogP contribution in [0.3, 0.4) is 0 Å². The van der Waals surface area contributed by atoms with E-state index in [9.17, 15) is 0 Å². The molecule has 23 heavy (non-hydrogen) atoms. The Morgan fingerprint density at radius 1 is 0.870 bits per heavy atom.